The third kappa shape index (κ3) is 4.29. The van der Waals surface area contributed by atoms with Gasteiger partial charge in [0.25, 0.3) is 0 Å². The van der Waals surface area contributed by atoms with Crippen LogP contribution in [0.25, 0.3) is 0 Å². The molecule has 2 fully saturated rings. The van der Waals surface area contributed by atoms with E-state index in [4.69, 9.17) is 5.11 Å². The van der Waals surface area contributed by atoms with Gasteiger partial charge in [-0.2, -0.15) is 0 Å². The molecule has 1 heterocycles. The van der Waals surface area contributed by atoms with Crippen LogP contribution in [0.1, 0.15) is 36.3 Å². The largest absolute Gasteiger partial charge is 0.480 e. The summed E-state index contributed by atoms with van der Waals surface area (Å²) < 4.78 is 0. The van der Waals surface area contributed by atoms with E-state index in [1.807, 2.05) is 4.90 Å². The number of carbonyl (C=O) groups is 1. The number of rotatable bonds is 5. The van der Waals surface area contributed by atoms with Crippen molar-refractivity contribution in [3.05, 3.63) is 35.4 Å². The molecule has 1 saturated heterocycles. The summed E-state index contributed by atoms with van der Waals surface area (Å²) in [5.41, 5.74) is 2.89. The monoisotopic (exact) mass is 288 g/mol. The van der Waals surface area contributed by atoms with Crippen molar-refractivity contribution in [3.8, 4) is 0 Å². The second-order valence-electron chi connectivity index (χ2n) is 6.32. The summed E-state index contributed by atoms with van der Waals surface area (Å²) in [5, 5.41) is 8.89. The summed E-state index contributed by atoms with van der Waals surface area (Å²) in [5.74, 6) is 0.0840. The van der Waals surface area contributed by atoms with Crippen LogP contribution in [0.5, 0.6) is 0 Å². The molecule has 0 bridgehead atoms. The predicted molar refractivity (Wildman–Crippen MR) is 82.4 cm³/mol. The van der Waals surface area contributed by atoms with Crippen LogP contribution in [0.3, 0.4) is 0 Å². The highest BCUT2D eigenvalue weighted by atomic mass is 16.4. The van der Waals surface area contributed by atoms with Crippen LogP contribution < -0.4 is 0 Å². The minimum atomic E-state index is -0.722. The van der Waals surface area contributed by atoms with E-state index in [0.29, 0.717) is 0 Å². The number of carboxylic acid groups (broad SMARTS) is 1. The first kappa shape index (κ1) is 14.5. The molecule has 21 heavy (non-hydrogen) atoms. The maximum Gasteiger partial charge on any atom is 0.317 e. The van der Waals surface area contributed by atoms with Crippen molar-refractivity contribution in [2.75, 3.05) is 32.7 Å². The van der Waals surface area contributed by atoms with Gasteiger partial charge >= 0.3 is 5.97 Å². The standard InChI is InChI=1S/C17H24N2O2/c20-17(21)13-19-8-2-7-18(9-10-19)12-14-3-1-4-16(11-14)15-5-6-15/h1,3-4,11,15H,2,5-10,12-13H2,(H,20,21). The number of carboxylic acids is 1. The van der Waals surface area contributed by atoms with Crippen LogP contribution in [0.2, 0.25) is 0 Å². The van der Waals surface area contributed by atoms with Crippen LogP contribution in [0.4, 0.5) is 0 Å². The normalized spacial score (nSPS) is 21.1. The first-order valence-corrected chi connectivity index (χ1v) is 7.96. The van der Waals surface area contributed by atoms with Crippen LogP contribution in [0.15, 0.2) is 24.3 Å². The molecule has 3 rings (SSSR count). The molecule has 0 aromatic heterocycles. The Kier molecular flexibility index (Phi) is 4.56. The van der Waals surface area contributed by atoms with Crippen molar-refractivity contribution in [3.63, 3.8) is 0 Å². The Morgan fingerprint density at radius 2 is 1.90 bits per heavy atom. The molecule has 0 radical (unpaired) electrons. The van der Waals surface area contributed by atoms with E-state index >= 15 is 0 Å². The van der Waals surface area contributed by atoms with Crippen molar-refractivity contribution in [1.29, 1.82) is 0 Å². The summed E-state index contributed by atoms with van der Waals surface area (Å²) in [6, 6.07) is 9.00. The van der Waals surface area contributed by atoms with Gasteiger partial charge in [0.1, 0.15) is 0 Å². The van der Waals surface area contributed by atoms with Crippen molar-refractivity contribution in [2.24, 2.45) is 0 Å². The predicted octanol–water partition coefficient (Wildman–Crippen LogP) is 2.16. The zero-order chi connectivity index (χ0) is 14.7. The van der Waals surface area contributed by atoms with Crippen molar-refractivity contribution in [2.45, 2.75) is 31.7 Å². The molecule has 1 N–H and O–H groups in total. The molecule has 4 nitrogen and oxygen atoms in total. The van der Waals surface area contributed by atoms with Gasteiger partial charge in [-0.1, -0.05) is 24.3 Å². The fraction of sp³-hybridized carbons (Fsp3) is 0.588. The Balaban J connectivity index is 1.55. The Hall–Kier alpha value is -1.39. The highest BCUT2D eigenvalue weighted by molar-refractivity contribution is 5.69. The van der Waals surface area contributed by atoms with Crippen molar-refractivity contribution < 1.29 is 9.90 Å². The minimum Gasteiger partial charge on any atom is -0.480 e. The summed E-state index contributed by atoms with van der Waals surface area (Å²) in [7, 11) is 0. The molecule has 114 valence electrons. The Labute approximate surface area is 126 Å². The lowest BCUT2D eigenvalue weighted by Gasteiger charge is -2.21. The lowest BCUT2D eigenvalue weighted by molar-refractivity contribution is -0.138. The quantitative estimate of drug-likeness (QED) is 0.901. The summed E-state index contributed by atoms with van der Waals surface area (Å²) in [4.78, 5) is 15.3. The van der Waals surface area contributed by atoms with Gasteiger partial charge in [-0.05, 0) is 42.9 Å². The fourth-order valence-corrected chi connectivity index (χ4v) is 3.15. The molecule has 1 aliphatic heterocycles. The SMILES string of the molecule is O=C(O)CN1CCCN(Cc2cccc(C3CC3)c2)CC1. The third-order valence-electron chi connectivity index (χ3n) is 4.45. The number of nitrogens with zero attached hydrogens (tertiary/aromatic N) is 2. The fourth-order valence-electron chi connectivity index (χ4n) is 3.15. The van der Waals surface area contributed by atoms with E-state index in [-0.39, 0.29) is 6.54 Å². The van der Waals surface area contributed by atoms with Crippen molar-refractivity contribution >= 4 is 5.97 Å². The second kappa shape index (κ2) is 6.58. The van der Waals surface area contributed by atoms with Gasteiger partial charge in [-0.3, -0.25) is 14.6 Å². The molecule has 0 unspecified atom stereocenters. The minimum absolute atomic E-state index is 0.172. The molecule has 1 aromatic carbocycles. The molecule has 1 saturated carbocycles. The second-order valence-corrected chi connectivity index (χ2v) is 6.32. The molecular formula is C17H24N2O2. The van der Waals surface area contributed by atoms with Gasteiger partial charge in [0.15, 0.2) is 0 Å². The summed E-state index contributed by atoms with van der Waals surface area (Å²) in [6.07, 6.45) is 3.74. The molecule has 1 aliphatic carbocycles. The van der Waals surface area contributed by atoms with E-state index in [9.17, 15) is 4.79 Å². The highest BCUT2D eigenvalue weighted by Crippen LogP contribution is 2.40. The van der Waals surface area contributed by atoms with E-state index in [1.54, 1.807) is 0 Å². The van der Waals surface area contributed by atoms with E-state index < -0.39 is 5.97 Å². The number of hydrogen-bond donors (Lipinski definition) is 1. The lowest BCUT2D eigenvalue weighted by atomic mass is 10.1. The average Bonchev–Trinajstić information content (AvgIpc) is 3.27. The molecule has 0 spiro atoms. The van der Waals surface area contributed by atoms with Crippen LogP contribution in [-0.4, -0.2) is 53.6 Å². The zero-order valence-electron chi connectivity index (χ0n) is 12.5. The number of aliphatic carboxylic acids is 1. The maximum atomic E-state index is 10.8. The maximum absolute atomic E-state index is 10.8. The zero-order valence-corrected chi connectivity index (χ0v) is 12.5. The van der Waals surface area contributed by atoms with E-state index in [2.05, 4.69) is 29.2 Å². The van der Waals surface area contributed by atoms with Gasteiger partial charge in [0.05, 0.1) is 6.54 Å². The van der Waals surface area contributed by atoms with E-state index in [1.165, 1.54) is 24.0 Å². The topological polar surface area (TPSA) is 43.8 Å². The van der Waals surface area contributed by atoms with Gasteiger partial charge in [0.2, 0.25) is 0 Å². The van der Waals surface area contributed by atoms with Crippen LogP contribution in [0, 0.1) is 0 Å². The van der Waals surface area contributed by atoms with Crippen LogP contribution >= 0.6 is 0 Å². The molecule has 2 aliphatic rings. The molecule has 4 heteroatoms. The first-order chi connectivity index (χ1) is 10.2. The molecule has 1 aromatic rings. The van der Waals surface area contributed by atoms with E-state index in [0.717, 1.165) is 45.1 Å². The first-order valence-electron chi connectivity index (χ1n) is 7.96. The van der Waals surface area contributed by atoms with Gasteiger partial charge < -0.3 is 5.11 Å². The molecular weight excluding hydrogens is 264 g/mol. The third-order valence-corrected chi connectivity index (χ3v) is 4.45. The van der Waals surface area contributed by atoms with Gasteiger partial charge in [-0.15, -0.1) is 0 Å². The van der Waals surface area contributed by atoms with Crippen molar-refractivity contribution in [1.82, 2.24) is 9.80 Å². The Bertz CT molecular complexity index is 499. The Morgan fingerprint density at radius 3 is 2.67 bits per heavy atom. The average molecular weight is 288 g/mol. The summed E-state index contributed by atoms with van der Waals surface area (Å²) in [6.45, 7) is 4.93. The summed E-state index contributed by atoms with van der Waals surface area (Å²) >= 11 is 0. The number of benzene rings is 1. The smallest absolute Gasteiger partial charge is 0.317 e. The molecule has 0 atom stereocenters. The number of hydrogen-bond acceptors (Lipinski definition) is 3. The lowest BCUT2D eigenvalue weighted by Crippen LogP contribution is -2.34. The van der Waals surface area contributed by atoms with Gasteiger partial charge in [-0.25, -0.2) is 0 Å². The highest BCUT2D eigenvalue weighted by Gasteiger charge is 2.23. The Morgan fingerprint density at radius 1 is 1.14 bits per heavy atom. The van der Waals surface area contributed by atoms with Gasteiger partial charge in [0, 0.05) is 26.2 Å². The van der Waals surface area contributed by atoms with Crippen LogP contribution in [-0.2, 0) is 11.3 Å². The molecule has 0 amide bonds.